The maximum atomic E-state index is 13.9. The Kier molecular flexibility index (Phi) is 7.76. The van der Waals surface area contributed by atoms with Crippen molar-refractivity contribution >= 4 is 15.7 Å². The molecule has 0 atom stereocenters. The van der Waals surface area contributed by atoms with Gasteiger partial charge in [0.1, 0.15) is 11.6 Å². The van der Waals surface area contributed by atoms with E-state index in [1.54, 1.807) is 13.8 Å². The average molecular weight is 545 g/mol. The lowest BCUT2D eigenvalue weighted by atomic mass is 9.86. The van der Waals surface area contributed by atoms with E-state index in [9.17, 15) is 22.0 Å². The normalized spacial score (nSPS) is 15.3. The molecule has 2 heterocycles. The van der Waals surface area contributed by atoms with E-state index < -0.39 is 32.5 Å². The van der Waals surface area contributed by atoms with E-state index >= 15 is 0 Å². The largest absolute Gasteiger partial charge is 0.367 e. The van der Waals surface area contributed by atoms with Crippen LogP contribution in [0.4, 0.5) is 14.5 Å². The van der Waals surface area contributed by atoms with Crippen molar-refractivity contribution in [2.24, 2.45) is 0 Å². The fourth-order valence-corrected chi connectivity index (χ4v) is 5.84. The van der Waals surface area contributed by atoms with Crippen LogP contribution in [0.2, 0.25) is 0 Å². The summed E-state index contributed by atoms with van der Waals surface area (Å²) < 4.78 is 55.6. The SMILES string of the molecule is CC(C)S(=O)(=O)N1CCN(c2cnn(-c3cc(F)cc(F)c3)c(=O)c2Cc2ccc(C(C)(C)C)cc2)CC1. The van der Waals surface area contributed by atoms with Gasteiger partial charge in [-0.25, -0.2) is 17.2 Å². The molecule has 0 bridgehead atoms. The number of hydrogen-bond donors (Lipinski definition) is 0. The molecule has 2 aromatic carbocycles. The molecule has 0 amide bonds. The Morgan fingerprint density at radius 1 is 0.947 bits per heavy atom. The van der Waals surface area contributed by atoms with Crippen molar-refractivity contribution in [3.8, 4) is 5.69 Å². The van der Waals surface area contributed by atoms with Gasteiger partial charge >= 0.3 is 0 Å². The average Bonchev–Trinajstić information content (AvgIpc) is 2.84. The summed E-state index contributed by atoms with van der Waals surface area (Å²) in [5.74, 6) is -1.61. The number of rotatable bonds is 6. The number of nitrogens with zero attached hydrogens (tertiary/aromatic N) is 4. The lowest BCUT2D eigenvalue weighted by molar-refractivity contribution is 0.380. The predicted octanol–water partition coefficient (Wildman–Crippen LogP) is 4.26. The number of anilines is 1. The number of sulfonamides is 1. The van der Waals surface area contributed by atoms with E-state index in [0.717, 1.165) is 34.0 Å². The Morgan fingerprint density at radius 2 is 1.53 bits per heavy atom. The highest BCUT2D eigenvalue weighted by Gasteiger charge is 2.30. The van der Waals surface area contributed by atoms with E-state index in [2.05, 4.69) is 25.9 Å². The molecule has 1 aliphatic heterocycles. The van der Waals surface area contributed by atoms with Crippen LogP contribution in [0.15, 0.2) is 53.5 Å². The molecule has 3 aromatic rings. The van der Waals surface area contributed by atoms with Crippen LogP contribution >= 0.6 is 0 Å². The highest BCUT2D eigenvalue weighted by molar-refractivity contribution is 7.89. The van der Waals surface area contributed by atoms with Crippen LogP contribution in [-0.4, -0.2) is 53.9 Å². The fourth-order valence-electron chi connectivity index (χ4n) is 4.57. The minimum atomic E-state index is -3.39. The van der Waals surface area contributed by atoms with Crippen LogP contribution in [0.25, 0.3) is 5.69 Å². The minimum Gasteiger partial charge on any atom is -0.367 e. The number of aromatic nitrogens is 2. The Hall–Kier alpha value is -3.11. The second-order valence-corrected chi connectivity index (χ2v) is 13.4. The lowest BCUT2D eigenvalue weighted by Crippen LogP contribution is -2.51. The van der Waals surface area contributed by atoms with Gasteiger partial charge in [-0.3, -0.25) is 4.79 Å². The van der Waals surface area contributed by atoms with Gasteiger partial charge in [0.05, 0.1) is 22.8 Å². The summed E-state index contributed by atoms with van der Waals surface area (Å²) in [4.78, 5) is 15.7. The van der Waals surface area contributed by atoms with Gasteiger partial charge in [-0.2, -0.15) is 14.1 Å². The van der Waals surface area contributed by atoms with Gasteiger partial charge in [0.2, 0.25) is 10.0 Å². The van der Waals surface area contributed by atoms with Crippen LogP contribution < -0.4 is 10.5 Å². The van der Waals surface area contributed by atoms with E-state index in [1.807, 2.05) is 29.2 Å². The van der Waals surface area contributed by atoms with Crippen LogP contribution in [0.3, 0.4) is 0 Å². The molecule has 0 radical (unpaired) electrons. The molecule has 1 saturated heterocycles. The fraction of sp³-hybridized carbons (Fsp3) is 0.429. The topological polar surface area (TPSA) is 75.5 Å². The van der Waals surface area contributed by atoms with Crippen molar-refractivity contribution < 1.29 is 17.2 Å². The summed E-state index contributed by atoms with van der Waals surface area (Å²) >= 11 is 0. The second-order valence-electron chi connectivity index (χ2n) is 11.0. The molecule has 0 unspecified atom stereocenters. The summed E-state index contributed by atoms with van der Waals surface area (Å²) in [5.41, 5.74) is 2.57. The summed E-state index contributed by atoms with van der Waals surface area (Å²) in [5, 5.41) is 3.73. The summed E-state index contributed by atoms with van der Waals surface area (Å²) in [6.45, 7) is 11.0. The zero-order valence-electron chi connectivity index (χ0n) is 22.4. The smallest absolute Gasteiger partial charge is 0.277 e. The number of piperazine rings is 1. The molecule has 10 heteroatoms. The van der Waals surface area contributed by atoms with E-state index in [4.69, 9.17) is 0 Å². The quantitative estimate of drug-likeness (QED) is 0.464. The zero-order valence-corrected chi connectivity index (χ0v) is 23.2. The van der Waals surface area contributed by atoms with Crippen LogP contribution in [0.5, 0.6) is 0 Å². The zero-order chi connectivity index (χ0) is 27.8. The van der Waals surface area contributed by atoms with Crippen molar-refractivity contribution in [3.05, 3.63) is 87.3 Å². The first kappa shape index (κ1) is 27.9. The van der Waals surface area contributed by atoms with Crippen molar-refractivity contribution in [2.45, 2.75) is 51.7 Å². The Bertz CT molecular complexity index is 1450. The molecular formula is C28H34F2N4O3S. The maximum absolute atomic E-state index is 13.9. The van der Waals surface area contributed by atoms with Crippen LogP contribution in [-0.2, 0) is 21.9 Å². The molecular weight excluding hydrogens is 510 g/mol. The van der Waals surface area contributed by atoms with Crippen LogP contribution in [0, 0.1) is 11.6 Å². The third-order valence-electron chi connectivity index (χ3n) is 6.88. The predicted molar refractivity (Wildman–Crippen MR) is 146 cm³/mol. The molecule has 1 aromatic heterocycles. The highest BCUT2D eigenvalue weighted by Crippen LogP contribution is 2.26. The van der Waals surface area contributed by atoms with Gasteiger partial charge in [0.25, 0.3) is 5.56 Å². The monoisotopic (exact) mass is 544 g/mol. The first-order valence-electron chi connectivity index (χ1n) is 12.7. The Balaban J connectivity index is 1.73. The van der Waals surface area contributed by atoms with E-state index in [0.29, 0.717) is 37.4 Å². The standard InChI is InChI=1S/C28H34F2N4O3S/c1-19(2)38(36,37)33-12-10-32(11-13-33)26-18-31-34(24-16-22(29)15-23(30)17-24)27(35)25(26)14-20-6-8-21(9-7-20)28(3,4)5/h6-9,15-19H,10-14H2,1-5H3. The lowest BCUT2D eigenvalue weighted by Gasteiger charge is -2.36. The number of halogens is 2. The Morgan fingerprint density at radius 3 is 2.05 bits per heavy atom. The van der Waals surface area contributed by atoms with Crippen molar-refractivity contribution in [1.82, 2.24) is 14.1 Å². The molecule has 7 nitrogen and oxygen atoms in total. The number of hydrogen-bond acceptors (Lipinski definition) is 5. The first-order valence-corrected chi connectivity index (χ1v) is 14.2. The molecule has 38 heavy (non-hydrogen) atoms. The minimum absolute atomic E-state index is 0.00349. The first-order chi connectivity index (χ1) is 17.8. The molecule has 0 aliphatic carbocycles. The Labute approximate surface area is 222 Å². The van der Waals surface area contributed by atoms with Gasteiger partial charge in [-0.1, -0.05) is 45.0 Å². The molecule has 4 rings (SSSR count). The third-order valence-corrected chi connectivity index (χ3v) is 9.16. The molecule has 1 fully saturated rings. The highest BCUT2D eigenvalue weighted by atomic mass is 32.2. The van der Waals surface area contributed by atoms with E-state index in [-0.39, 0.29) is 17.5 Å². The third kappa shape index (κ3) is 5.81. The molecule has 0 N–H and O–H groups in total. The number of benzene rings is 2. The van der Waals surface area contributed by atoms with Gasteiger partial charge in [0.15, 0.2) is 0 Å². The molecule has 0 spiro atoms. The molecule has 0 saturated carbocycles. The maximum Gasteiger partial charge on any atom is 0.277 e. The molecule has 204 valence electrons. The van der Waals surface area contributed by atoms with Crippen LogP contribution in [0.1, 0.15) is 51.3 Å². The van der Waals surface area contributed by atoms with Gasteiger partial charge in [-0.15, -0.1) is 0 Å². The summed E-state index contributed by atoms with van der Waals surface area (Å²) in [6, 6.07) is 10.9. The second kappa shape index (κ2) is 10.6. The van der Waals surface area contributed by atoms with Gasteiger partial charge in [0, 0.05) is 44.2 Å². The summed E-state index contributed by atoms with van der Waals surface area (Å²) in [6.07, 6.45) is 1.80. The summed E-state index contributed by atoms with van der Waals surface area (Å²) in [7, 11) is -3.39. The van der Waals surface area contributed by atoms with Gasteiger partial charge < -0.3 is 4.90 Å². The van der Waals surface area contributed by atoms with Gasteiger partial charge in [-0.05, 0) is 42.5 Å². The van der Waals surface area contributed by atoms with Crippen molar-refractivity contribution in [3.63, 3.8) is 0 Å². The van der Waals surface area contributed by atoms with Crippen molar-refractivity contribution in [2.75, 3.05) is 31.1 Å². The van der Waals surface area contributed by atoms with E-state index in [1.165, 1.54) is 10.5 Å². The van der Waals surface area contributed by atoms with Crippen molar-refractivity contribution in [1.29, 1.82) is 0 Å². The molecule has 1 aliphatic rings.